The molecule has 13 radical (unpaired) electrons. The number of pyridine rings is 4. The fourth-order valence-corrected chi connectivity index (χ4v) is 7.84. The van der Waals surface area contributed by atoms with Gasteiger partial charge in [0.15, 0.2) is 14.6 Å². The van der Waals surface area contributed by atoms with E-state index in [9.17, 15) is 24.0 Å². The van der Waals surface area contributed by atoms with Crippen LogP contribution >= 0.6 is 0 Å². The molecular formula is C61H92B11N4O12Si. The zero-order valence-corrected chi connectivity index (χ0v) is 53.9. The maximum atomic E-state index is 11.1. The highest BCUT2D eigenvalue weighted by atomic mass is 28.4. The van der Waals surface area contributed by atoms with Crippen molar-refractivity contribution in [2.24, 2.45) is 0 Å². The second kappa shape index (κ2) is 49.8. The average Bonchev–Trinajstić information content (AvgIpc) is 2.38. The van der Waals surface area contributed by atoms with Crippen LogP contribution in [0, 0.1) is 51.4 Å². The summed E-state index contributed by atoms with van der Waals surface area (Å²) in [6.07, 6.45) is 5.94. The van der Waals surface area contributed by atoms with Gasteiger partial charge in [-0.05, 0) is 143 Å². The lowest BCUT2D eigenvalue weighted by Gasteiger charge is -2.36. The molecule has 0 aliphatic rings. The van der Waals surface area contributed by atoms with Crippen LogP contribution in [0.1, 0.15) is 180 Å². The van der Waals surface area contributed by atoms with Crippen LogP contribution in [0.2, 0.25) is 18.1 Å². The number of unbranched alkanes of at least 4 members (excludes halogenated alkanes) is 2. The van der Waals surface area contributed by atoms with Crippen LogP contribution in [0.25, 0.3) is 0 Å². The third kappa shape index (κ3) is 38.4. The molecule has 4 heterocycles. The summed E-state index contributed by atoms with van der Waals surface area (Å²) in [5, 5.41) is 18.3. The number of carbonyl (C=O) groups excluding carboxylic acids is 5. The zero-order valence-electron chi connectivity index (χ0n) is 52.9. The van der Waals surface area contributed by atoms with E-state index in [0.717, 1.165) is 89.8 Å². The van der Waals surface area contributed by atoms with E-state index >= 15 is 0 Å². The van der Waals surface area contributed by atoms with Crippen LogP contribution in [0.4, 0.5) is 0 Å². The number of methoxy groups -OCH3 is 4. The van der Waals surface area contributed by atoms with Crippen molar-refractivity contribution in [3.63, 3.8) is 0 Å². The van der Waals surface area contributed by atoms with Gasteiger partial charge in [0.1, 0.15) is 17.1 Å². The van der Waals surface area contributed by atoms with Gasteiger partial charge >= 0.3 is 23.9 Å². The molecule has 0 amide bonds. The molecule has 4 rings (SSSR count). The number of rotatable bonds is 24. The van der Waals surface area contributed by atoms with Crippen molar-refractivity contribution in [1.29, 1.82) is 0 Å². The summed E-state index contributed by atoms with van der Waals surface area (Å²) in [4.78, 5) is 71.8. The first kappa shape index (κ1) is 89.5. The number of ether oxygens (including phenoxy) is 4. The molecule has 0 saturated carbocycles. The van der Waals surface area contributed by atoms with Crippen molar-refractivity contribution < 1.29 is 57.6 Å². The maximum absolute atomic E-state index is 11.1. The summed E-state index contributed by atoms with van der Waals surface area (Å²) in [6, 6.07) is 15.3. The Bertz CT molecular complexity index is 2840. The molecule has 28 heteroatoms. The number of aldehydes is 1. The van der Waals surface area contributed by atoms with Gasteiger partial charge in [-0.15, -0.1) is 0 Å². The van der Waals surface area contributed by atoms with Gasteiger partial charge in [0.25, 0.3) is 0 Å². The SMILES string of the molecule is C.C.C.COC(=O)CCC#Cc1ccc(C)c(CO)n1.COC(=O)CCC#Cc1ccc(C)c(CO[Si](C)(C)C(C)(C)C)n1.COC(=O)CCCCc1ccc(C)c(C=O)n1.COC(=O)CCCCc1ccc(C)c(CO)n1.[B][B]B([B])B(B([B])[B])B([B])[B]. The zero-order chi connectivity index (χ0) is 65.4. The predicted octanol–water partition coefficient (Wildman–Crippen LogP) is 6.98. The van der Waals surface area contributed by atoms with E-state index in [1.54, 1.807) is 6.07 Å². The summed E-state index contributed by atoms with van der Waals surface area (Å²) in [5.74, 6) is 10.8. The highest BCUT2D eigenvalue weighted by molar-refractivity contribution is 8.02. The quantitative estimate of drug-likeness (QED) is 0.0180. The number of carbonyl (C=O) groups is 5. The van der Waals surface area contributed by atoms with Gasteiger partial charge < -0.3 is 33.6 Å². The lowest BCUT2D eigenvalue weighted by molar-refractivity contribution is -0.141. The topological polar surface area (TPSA) is 224 Å². The van der Waals surface area contributed by atoms with Gasteiger partial charge in [-0.1, -0.05) is 79.2 Å². The Hall–Kier alpha value is -5.92. The molecule has 16 nitrogen and oxygen atoms in total. The van der Waals surface area contributed by atoms with Crippen LogP contribution in [0.5, 0.6) is 0 Å². The Morgan fingerprint density at radius 1 is 0.573 bits per heavy atom. The van der Waals surface area contributed by atoms with Gasteiger partial charge in [-0.3, -0.25) is 29.0 Å². The fraction of sp³-hybridized carbons (Fsp3) is 0.525. The Kier molecular flexibility index (Phi) is 50.1. The van der Waals surface area contributed by atoms with Crippen LogP contribution in [0.3, 0.4) is 0 Å². The van der Waals surface area contributed by atoms with Gasteiger partial charge in [-0.25, -0.2) is 15.0 Å². The predicted molar refractivity (Wildman–Crippen MR) is 374 cm³/mol. The molecule has 0 atom stereocenters. The molecule has 2 N–H and O–H groups in total. The number of esters is 4. The van der Waals surface area contributed by atoms with Crippen molar-refractivity contribution in [3.8, 4) is 23.7 Å². The largest absolute Gasteiger partial charge is 0.469 e. The fourth-order valence-electron chi connectivity index (χ4n) is 6.91. The molecular weight excluding hydrogens is 1130 g/mol. The van der Waals surface area contributed by atoms with Gasteiger partial charge in [0.2, 0.25) is 0 Å². The molecule has 0 saturated heterocycles. The molecule has 465 valence electrons. The highest BCUT2D eigenvalue weighted by Crippen LogP contribution is 2.37. The van der Waals surface area contributed by atoms with Crippen molar-refractivity contribution in [2.45, 2.75) is 186 Å². The second-order valence-electron chi connectivity index (χ2n) is 21.3. The molecule has 0 spiro atoms. The molecule has 0 aliphatic heterocycles. The van der Waals surface area contributed by atoms with Crippen molar-refractivity contribution >= 4 is 118 Å². The average molecular weight is 1220 g/mol. The second-order valence-corrected chi connectivity index (χ2v) is 26.1. The number of aryl methyl sites for hydroxylation is 6. The third-order valence-electron chi connectivity index (χ3n) is 13.6. The third-order valence-corrected chi connectivity index (χ3v) is 18.1. The van der Waals surface area contributed by atoms with E-state index in [2.05, 4.69) is 96.4 Å². The number of hydrogen-bond acceptors (Lipinski definition) is 16. The smallest absolute Gasteiger partial charge is 0.306 e. The number of hydrogen-bond donors (Lipinski definition) is 2. The Morgan fingerprint density at radius 3 is 1.31 bits per heavy atom. The van der Waals surface area contributed by atoms with E-state index in [0.29, 0.717) is 61.5 Å². The van der Waals surface area contributed by atoms with Crippen LogP contribution in [-0.2, 0) is 75.2 Å². The van der Waals surface area contributed by atoms with Gasteiger partial charge in [-0.2, -0.15) is 0 Å². The minimum absolute atomic E-state index is 0. The maximum Gasteiger partial charge on any atom is 0.306 e. The Morgan fingerprint density at radius 2 is 0.944 bits per heavy atom. The summed E-state index contributed by atoms with van der Waals surface area (Å²) >= 11 is 0. The van der Waals surface area contributed by atoms with E-state index in [1.807, 2.05) is 70.2 Å². The summed E-state index contributed by atoms with van der Waals surface area (Å²) in [7, 11) is 37.2. The first-order valence-electron chi connectivity index (χ1n) is 28.3. The lowest BCUT2D eigenvalue weighted by Crippen LogP contribution is -2.63. The molecule has 4 aromatic heterocycles. The van der Waals surface area contributed by atoms with E-state index in [-0.39, 0.29) is 77.2 Å². The van der Waals surface area contributed by atoms with Gasteiger partial charge in [0.05, 0.1) is 78.2 Å². The molecule has 0 unspecified atom stereocenters. The van der Waals surface area contributed by atoms with Crippen molar-refractivity contribution in [1.82, 2.24) is 19.9 Å². The van der Waals surface area contributed by atoms with E-state index in [1.165, 1.54) is 35.5 Å². The molecule has 0 aromatic carbocycles. The standard InChI is InChI=1S/C19H29NO3Si.C13H19NO3.C13H17NO3.C13H15NO3.3CH4.B11/c1-15-12-13-16(10-8-9-11-18(21)22-5)20-17(15)14-23-24(6,7)19(2,3)4;3*1-10-7-8-11(14-12(10)9-15)5-3-4-6-13(16)17-2;;;;1-7-10(6)11(8(2)3)9(4)5/h12-13H,9,11,14H2,1-7H3;7-8,15H,3-6,9H2,1-2H3;7-9H,3-6H2,1-2H3;7-8,15H,4,6,9H2,1-2H3;3*1H4;. The first-order chi connectivity index (χ1) is 40.6. The van der Waals surface area contributed by atoms with Crippen LogP contribution in [0.15, 0.2) is 48.5 Å². The van der Waals surface area contributed by atoms with Gasteiger partial charge in [0, 0.05) is 116 Å². The Labute approximate surface area is 546 Å². The van der Waals surface area contributed by atoms with E-state index < -0.39 is 27.5 Å². The highest BCUT2D eigenvalue weighted by Gasteiger charge is 2.37. The molecule has 89 heavy (non-hydrogen) atoms. The number of aliphatic hydroxyl groups excluding tert-OH is 2. The van der Waals surface area contributed by atoms with Crippen LogP contribution in [-0.4, -0.2) is 176 Å². The number of aliphatic hydroxyl groups is 2. The minimum Gasteiger partial charge on any atom is -0.469 e. The molecule has 0 aliphatic carbocycles. The molecule has 0 bridgehead atoms. The number of aromatic nitrogens is 4. The molecule has 0 fully saturated rings. The molecule has 4 aromatic rings. The van der Waals surface area contributed by atoms with Crippen molar-refractivity contribution in [2.75, 3.05) is 28.4 Å². The first-order valence-corrected chi connectivity index (χ1v) is 31.2. The summed E-state index contributed by atoms with van der Waals surface area (Å²) in [6.45, 7) is 19.2. The van der Waals surface area contributed by atoms with Crippen LogP contribution < -0.4 is 0 Å². The summed E-state index contributed by atoms with van der Waals surface area (Å²) < 4.78 is 24.5. The Balaban J connectivity index is -0.000000512. The normalized spacial score (nSPS) is 9.83. The summed E-state index contributed by atoms with van der Waals surface area (Å²) in [5.41, 5.74) is 9.89. The van der Waals surface area contributed by atoms with Crippen molar-refractivity contribution in [3.05, 3.63) is 116 Å². The monoisotopic (exact) mass is 1220 g/mol. The number of nitrogens with zero attached hydrogens (tertiary/aromatic N) is 4. The van der Waals surface area contributed by atoms with E-state index in [4.69, 9.17) is 61.1 Å². The lowest BCUT2D eigenvalue weighted by atomic mass is 8.56. The minimum atomic E-state index is -1.80.